The van der Waals surface area contributed by atoms with E-state index in [1.54, 1.807) is 18.1 Å². The number of aromatic nitrogens is 1. The standard InChI is InChI=1S/C17H24N4O2S/c1-12(2)20-7-9-21(10-8-20)15(22)11-14-17(23)19(3)13-5-4-6-18-16(13)24-14/h4-6,12,14H,7-11H2,1-3H3/t14-/m0/s1. The molecule has 0 unspecified atom stereocenters. The quantitative estimate of drug-likeness (QED) is 0.828. The maximum Gasteiger partial charge on any atom is 0.240 e. The smallest absolute Gasteiger partial charge is 0.240 e. The lowest BCUT2D eigenvalue weighted by Crippen LogP contribution is -2.51. The Bertz CT molecular complexity index is 629. The van der Waals surface area contributed by atoms with Gasteiger partial charge in [-0.05, 0) is 26.0 Å². The Hall–Kier alpha value is -1.60. The average molecular weight is 348 g/mol. The molecule has 0 radical (unpaired) electrons. The molecular weight excluding hydrogens is 324 g/mol. The van der Waals surface area contributed by atoms with Gasteiger partial charge in [-0.3, -0.25) is 14.5 Å². The summed E-state index contributed by atoms with van der Waals surface area (Å²) in [7, 11) is 1.75. The number of nitrogens with zero attached hydrogens (tertiary/aromatic N) is 4. The number of carbonyl (C=O) groups is 2. The molecule has 1 saturated heterocycles. The van der Waals surface area contributed by atoms with Crippen molar-refractivity contribution in [3.63, 3.8) is 0 Å². The number of thioether (sulfide) groups is 1. The highest BCUT2D eigenvalue weighted by Gasteiger charge is 2.35. The number of anilines is 1. The van der Waals surface area contributed by atoms with Gasteiger partial charge in [0.15, 0.2) is 0 Å². The Morgan fingerprint density at radius 1 is 1.33 bits per heavy atom. The third-order valence-electron chi connectivity index (χ3n) is 4.73. The van der Waals surface area contributed by atoms with Crippen molar-refractivity contribution in [3.05, 3.63) is 18.3 Å². The van der Waals surface area contributed by atoms with Gasteiger partial charge in [-0.25, -0.2) is 4.98 Å². The van der Waals surface area contributed by atoms with Crippen molar-refractivity contribution >= 4 is 29.3 Å². The molecule has 1 aromatic heterocycles. The number of piperazine rings is 1. The minimum absolute atomic E-state index is 0.0188. The van der Waals surface area contributed by atoms with E-state index in [-0.39, 0.29) is 23.5 Å². The first-order valence-corrected chi connectivity index (χ1v) is 9.26. The molecule has 7 heteroatoms. The molecule has 2 aliphatic rings. The summed E-state index contributed by atoms with van der Waals surface area (Å²) in [6, 6.07) is 4.22. The SMILES string of the molecule is CC(C)N1CCN(C(=O)C[C@@H]2Sc3ncccc3N(C)C2=O)CC1. The molecule has 2 amide bonds. The molecule has 0 bridgehead atoms. The Labute approximate surface area is 147 Å². The molecule has 1 fully saturated rings. The molecule has 2 aliphatic heterocycles. The van der Waals surface area contributed by atoms with Crippen LogP contribution in [0.15, 0.2) is 23.4 Å². The Kier molecular flexibility index (Phi) is 5.10. The van der Waals surface area contributed by atoms with Gasteiger partial charge >= 0.3 is 0 Å². The minimum atomic E-state index is -0.381. The van der Waals surface area contributed by atoms with Crippen LogP contribution in [0.2, 0.25) is 0 Å². The largest absolute Gasteiger partial charge is 0.340 e. The van der Waals surface area contributed by atoms with Crippen molar-refractivity contribution in [3.8, 4) is 0 Å². The molecule has 24 heavy (non-hydrogen) atoms. The van der Waals surface area contributed by atoms with Gasteiger partial charge in [-0.1, -0.05) is 11.8 Å². The van der Waals surface area contributed by atoms with Crippen LogP contribution < -0.4 is 4.90 Å². The van der Waals surface area contributed by atoms with Crippen LogP contribution >= 0.6 is 11.8 Å². The fraction of sp³-hybridized carbons (Fsp3) is 0.588. The summed E-state index contributed by atoms with van der Waals surface area (Å²) >= 11 is 1.41. The molecule has 0 saturated carbocycles. The lowest BCUT2D eigenvalue weighted by Gasteiger charge is -2.37. The van der Waals surface area contributed by atoms with E-state index in [0.717, 1.165) is 36.9 Å². The van der Waals surface area contributed by atoms with E-state index >= 15 is 0 Å². The van der Waals surface area contributed by atoms with Gasteiger partial charge in [0.2, 0.25) is 11.8 Å². The minimum Gasteiger partial charge on any atom is -0.340 e. The molecular formula is C17H24N4O2S. The fourth-order valence-electron chi connectivity index (χ4n) is 3.15. The highest BCUT2D eigenvalue weighted by molar-refractivity contribution is 8.00. The van der Waals surface area contributed by atoms with E-state index in [4.69, 9.17) is 0 Å². The Balaban J connectivity index is 1.62. The predicted molar refractivity (Wildman–Crippen MR) is 95.2 cm³/mol. The van der Waals surface area contributed by atoms with E-state index < -0.39 is 0 Å². The lowest BCUT2D eigenvalue weighted by molar-refractivity contribution is -0.134. The first-order valence-electron chi connectivity index (χ1n) is 8.38. The second-order valence-electron chi connectivity index (χ2n) is 6.55. The van der Waals surface area contributed by atoms with Crippen LogP contribution in [0.25, 0.3) is 0 Å². The molecule has 0 aliphatic carbocycles. The molecule has 0 spiro atoms. The van der Waals surface area contributed by atoms with Gasteiger partial charge in [0.05, 0.1) is 10.9 Å². The van der Waals surface area contributed by atoms with Gasteiger partial charge in [-0.2, -0.15) is 0 Å². The fourth-order valence-corrected chi connectivity index (χ4v) is 4.35. The predicted octanol–water partition coefficient (Wildman–Crippen LogP) is 1.46. The van der Waals surface area contributed by atoms with E-state index in [1.165, 1.54) is 11.8 Å². The monoisotopic (exact) mass is 348 g/mol. The normalized spacial score (nSPS) is 22.0. The third-order valence-corrected chi connectivity index (χ3v) is 5.92. The van der Waals surface area contributed by atoms with E-state index in [0.29, 0.717) is 6.04 Å². The topological polar surface area (TPSA) is 56.8 Å². The third kappa shape index (κ3) is 3.42. The van der Waals surface area contributed by atoms with Gasteiger partial charge < -0.3 is 9.80 Å². The average Bonchev–Trinajstić information content (AvgIpc) is 2.59. The van der Waals surface area contributed by atoms with Gasteiger partial charge in [0.25, 0.3) is 0 Å². The first kappa shape index (κ1) is 17.2. The number of hydrogen-bond acceptors (Lipinski definition) is 5. The summed E-state index contributed by atoms with van der Waals surface area (Å²) in [5.41, 5.74) is 0.821. The number of hydrogen-bond donors (Lipinski definition) is 0. The molecule has 0 N–H and O–H groups in total. The van der Waals surface area contributed by atoms with Gasteiger partial charge in [0, 0.05) is 51.9 Å². The van der Waals surface area contributed by atoms with Crippen molar-refractivity contribution in [1.82, 2.24) is 14.8 Å². The molecule has 1 aromatic rings. The van der Waals surface area contributed by atoms with Crippen LogP contribution in [0.1, 0.15) is 20.3 Å². The molecule has 1 atom stereocenters. The van der Waals surface area contributed by atoms with Crippen molar-refractivity contribution in [2.75, 3.05) is 38.1 Å². The van der Waals surface area contributed by atoms with Gasteiger partial charge in [-0.15, -0.1) is 0 Å². The van der Waals surface area contributed by atoms with Crippen molar-refractivity contribution < 1.29 is 9.59 Å². The van der Waals surface area contributed by atoms with Crippen molar-refractivity contribution in [1.29, 1.82) is 0 Å². The summed E-state index contributed by atoms with van der Waals surface area (Å²) in [4.78, 5) is 35.4. The molecule has 130 valence electrons. The van der Waals surface area contributed by atoms with Crippen molar-refractivity contribution in [2.24, 2.45) is 0 Å². The van der Waals surface area contributed by atoms with E-state index in [9.17, 15) is 9.59 Å². The highest BCUT2D eigenvalue weighted by Crippen LogP contribution is 2.38. The molecule has 6 nitrogen and oxygen atoms in total. The van der Waals surface area contributed by atoms with Crippen LogP contribution in [0.4, 0.5) is 5.69 Å². The maximum atomic E-state index is 12.6. The van der Waals surface area contributed by atoms with E-state index in [2.05, 4.69) is 23.7 Å². The molecule has 0 aromatic carbocycles. The zero-order valence-electron chi connectivity index (χ0n) is 14.4. The number of fused-ring (bicyclic) bond motifs is 1. The Morgan fingerprint density at radius 3 is 2.71 bits per heavy atom. The summed E-state index contributed by atoms with van der Waals surface area (Å²) in [6.45, 7) is 7.64. The zero-order chi connectivity index (χ0) is 17.3. The van der Waals surface area contributed by atoms with E-state index in [1.807, 2.05) is 17.0 Å². The number of amides is 2. The maximum absolute atomic E-state index is 12.6. The second-order valence-corrected chi connectivity index (χ2v) is 7.74. The van der Waals surface area contributed by atoms with Crippen LogP contribution in [0.5, 0.6) is 0 Å². The lowest BCUT2D eigenvalue weighted by atomic mass is 10.2. The summed E-state index contributed by atoms with van der Waals surface area (Å²) in [6.07, 6.45) is 1.96. The van der Waals surface area contributed by atoms with Crippen LogP contribution in [-0.2, 0) is 9.59 Å². The summed E-state index contributed by atoms with van der Waals surface area (Å²) in [5.74, 6) is 0.0479. The van der Waals surface area contributed by atoms with Crippen LogP contribution in [0, 0.1) is 0 Å². The highest BCUT2D eigenvalue weighted by atomic mass is 32.2. The van der Waals surface area contributed by atoms with Gasteiger partial charge in [0.1, 0.15) is 5.03 Å². The number of rotatable bonds is 3. The summed E-state index contributed by atoms with van der Waals surface area (Å²) in [5, 5.41) is 0.440. The summed E-state index contributed by atoms with van der Waals surface area (Å²) < 4.78 is 0. The number of carbonyl (C=O) groups excluding carboxylic acids is 2. The zero-order valence-corrected chi connectivity index (χ0v) is 15.3. The van der Waals surface area contributed by atoms with Crippen LogP contribution in [0.3, 0.4) is 0 Å². The first-order chi connectivity index (χ1) is 11.5. The molecule has 3 rings (SSSR count). The van der Waals surface area contributed by atoms with Crippen molar-refractivity contribution in [2.45, 2.75) is 36.6 Å². The second kappa shape index (κ2) is 7.11. The Morgan fingerprint density at radius 2 is 2.04 bits per heavy atom. The molecule has 3 heterocycles. The number of pyridine rings is 1. The van der Waals surface area contributed by atoms with Crippen LogP contribution in [-0.4, -0.2) is 71.1 Å².